The normalized spacial score (nSPS) is 11.1. The first-order valence-electron chi connectivity index (χ1n) is 10.7. The topological polar surface area (TPSA) is 116 Å². The van der Waals surface area contributed by atoms with Crippen molar-refractivity contribution in [2.45, 2.75) is 13.5 Å². The monoisotopic (exact) mass is 571 g/mol. The van der Waals surface area contributed by atoms with E-state index in [1.54, 1.807) is 48.5 Å². The Balaban J connectivity index is 1.47. The first-order valence-corrected chi connectivity index (χ1v) is 11.9. The van der Waals surface area contributed by atoms with Crippen molar-refractivity contribution in [2.24, 2.45) is 5.10 Å². The summed E-state index contributed by atoms with van der Waals surface area (Å²) in [6, 6.07) is 16.3. The van der Waals surface area contributed by atoms with Gasteiger partial charge in [-0.2, -0.15) is 5.10 Å². The van der Waals surface area contributed by atoms with Gasteiger partial charge in [-0.1, -0.05) is 23.7 Å². The van der Waals surface area contributed by atoms with E-state index >= 15 is 0 Å². The second-order valence-corrected chi connectivity index (χ2v) is 8.76. The van der Waals surface area contributed by atoms with Crippen LogP contribution in [-0.2, 0) is 6.61 Å². The number of nitrogens with one attached hydrogen (secondary N) is 1. The third-order valence-corrected chi connectivity index (χ3v) is 5.74. The SMILES string of the molecule is CCOc1cc(/C=N/NC(=O)c2cc3cc(Cl)ccc3o2)cc(Br)c1OCc1cccc([N+](=O)[O-])c1. The van der Waals surface area contributed by atoms with Crippen LogP contribution in [0.3, 0.4) is 0 Å². The number of hydrogen-bond acceptors (Lipinski definition) is 7. The van der Waals surface area contributed by atoms with Gasteiger partial charge in [0.05, 0.1) is 22.2 Å². The number of carbonyl (C=O) groups is 1. The molecule has 184 valence electrons. The Labute approximate surface area is 218 Å². The largest absolute Gasteiger partial charge is 0.490 e. The van der Waals surface area contributed by atoms with Gasteiger partial charge in [0, 0.05) is 22.5 Å². The highest BCUT2D eigenvalue weighted by Gasteiger charge is 2.14. The zero-order chi connectivity index (χ0) is 25.7. The molecule has 9 nitrogen and oxygen atoms in total. The third-order valence-electron chi connectivity index (χ3n) is 4.92. The van der Waals surface area contributed by atoms with E-state index in [0.717, 1.165) is 0 Å². The number of fused-ring (bicyclic) bond motifs is 1. The first kappa shape index (κ1) is 25.2. The second kappa shape index (κ2) is 11.2. The summed E-state index contributed by atoms with van der Waals surface area (Å²) in [7, 11) is 0. The molecule has 4 rings (SSSR count). The van der Waals surface area contributed by atoms with E-state index < -0.39 is 10.8 Å². The number of nitro groups is 1. The average molecular weight is 573 g/mol. The van der Waals surface area contributed by atoms with Crippen molar-refractivity contribution in [1.29, 1.82) is 0 Å². The summed E-state index contributed by atoms with van der Waals surface area (Å²) >= 11 is 9.45. The van der Waals surface area contributed by atoms with E-state index in [0.29, 0.717) is 49.7 Å². The number of halogens is 2. The van der Waals surface area contributed by atoms with E-state index in [2.05, 4.69) is 26.5 Å². The minimum absolute atomic E-state index is 0.0137. The highest BCUT2D eigenvalue weighted by atomic mass is 79.9. The zero-order valence-electron chi connectivity index (χ0n) is 18.9. The maximum atomic E-state index is 12.4. The zero-order valence-corrected chi connectivity index (χ0v) is 21.2. The van der Waals surface area contributed by atoms with Crippen molar-refractivity contribution in [1.82, 2.24) is 5.43 Å². The molecular formula is C25H19BrClN3O6. The third kappa shape index (κ3) is 6.02. The van der Waals surface area contributed by atoms with Gasteiger partial charge in [0.2, 0.25) is 0 Å². The number of hydrazone groups is 1. The number of benzene rings is 3. The predicted molar refractivity (Wildman–Crippen MR) is 139 cm³/mol. The summed E-state index contributed by atoms with van der Waals surface area (Å²) in [5, 5.41) is 16.3. The lowest BCUT2D eigenvalue weighted by Crippen LogP contribution is -2.16. The lowest BCUT2D eigenvalue weighted by Gasteiger charge is -2.14. The molecule has 0 aliphatic rings. The number of ether oxygens (including phenoxy) is 2. The lowest BCUT2D eigenvalue weighted by molar-refractivity contribution is -0.384. The van der Waals surface area contributed by atoms with Gasteiger partial charge in [0.15, 0.2) is 17.3 Å². The number of non-ortho nitro benzene ring substituents is 1. The molecule has 1 N–H and O–H groups in total. The van der Waals surface area contributed by atoms with Gasteiger partial charge in [0.25, 0.3) is 5.69 Å². The fourth-order valence-electron chi connectivity index (χ4n) is 3.33. The maximum Gasteiger partial charge on any atom is 0.307 e. The van der Waals surface area contributed by atoms with Crippen LogP contribution in [0, 0.1) is 10.1 Å². The van der Waals surface area contributed by atoms with E-state index in [4.69, 9.17) is 25.5 Å². The fraction of sp³-hybridized carbons (Fsp3) is 0.120. The summed E-state index contributed by atoms with van der Waals surface area (Å²) in [5.74, 6) is 0.467. The quantitative estimate of drug-likeness (QED) is 0.139. The Bertz CT molecular complexity index is 1470. The predicted octanol–water partition coefficient (Wildman–Crippen LogP) is 6.50. The highest BCUT2D eigenvalue weighted by molar-refractivity contribution is 9.10. The molecule has 0 saturated heterocycles. The number of furan rings is 1. The minimum atomic E-state index is -0.514. The first-order chi connectivity index (χ1) is 17.3. The molecule has 0 saturated carbocycles. The molecule has 0 bridgehead atoms. The fourth-order valence-corrected chi connectivity index (χ4v) is 4.08. The van der Waals surface area contributed by atoms with Gasteiger partial charge in [-0.05, 0) is 70.4 Å². The smallest absolute Gasteiger partial charge is 0.307 e. The molecule has 0 aliphatic heterocycles. The van der Waals surface area contributed by atoms with Gasteiger partial charge in [-0.25, -0.2) is 5.43 Å². The second-order valence-electron chi connectivity index (χ2n) is 7.47. The van der Waals surface area contributed by atoms with Crippen LogP contribution >= 0.6 is 27.5 Å². The van der Waals surface area contributed by atoms with E-state index in [1.165, 1.54) is 18.3 Å². The van der Waals surface area contributed by atoms with Crippen molar-refractivity contribution in [3.63, 3.8) is 0 Å². The maximum absolute atomic E-state index is 12.4. The summed E-state index contributed by atoms with van der Waals surface area (Å²) < 4.78 is 17.7. The van der Waals surface area contributed by atoms with Crippen molar-refractivity contribution in [3.05, 3.63) is 97.2 Å². The van der Waals surface area contributed by atoms with Crippen LogP contribution in [0.1, 0.15) is 28.6 Å². The minimum Gasteiger partial charge on any atom is -0.490 e. The number of rotatable bonds is 9. The molecule has 3 aromatic carbocycles. The van der Waals surface area contributed by atoms with Crippen LogP contribution < -0.4 is 14.9 Å². The molecule has 4 aromatic rings. The molecule has 0 unspecified atom stereocenters. The van der Waals surface area contributed by atoms with Crippen LogP contribution in [-0.4, -0.2) is 23.7 Å². The van der Waals surface area contributed by atoms with Crippen molar-refractivity contribution < 1.29 is 23.6 Å². The van der Waals surface area contributed by atoms with E-state index in [-0.39, 0.29) is 18.1 Å². The molecule has 0 spiro atoms. The van der Waals surface area contributed by atoms with Gasteiger partial charge in [-0.15, -0.1) is 0 Å². The average Bonchev–Trinajstić information content (AvgIpc) is 3.27. The Morgan fingerprint density at radius 3 is 2.81 bits per heavy atom. The number of amides is 1. The van der Waals surface area contributed by atoms with Crippen LogP contribution in [0.15, 0.2) is 74.7 Å². The molecule has 0 radical (unpaired) electrons. The van der Waals surface area contributed by atoms with Crippen LogP contribution in [0.25, 0.3) is 11.0 Å². The Morgan fingerprint density at radius 1 is 1.19 bits per heavy atom. The molecule has 1 amide bonds. The number of nitrogens with zero attached hydrogens (tertiary/aromatic N) is 2. The van der Waals surface area contributed by atoms with Crippen molar-refractivity contribution in [2.75, 3.05) is 6.61 Å². The molecular weight excluding hydrogens is 554 g/mol. The number of hydrogen-bond donors (Lipinski definition) is 1. The van der Waals surface area contributed by atoms with Crippen LogP contribution in [0.5, 0.6) is 11.5 Å². The molecule has 1 aromatic heterocycles. The molecule has 36 heavy (non-hydrogen) atoms. The molecule has 0 atom stereocenters. The van der Waals surface area contributed by atoms with Crippen LogP contribution in [0.4, 0.5) is 5.69 Å². The standard InChI is InChI=1S/C25H19BrClN3O6/c1-2-34-22-10-16(9-20(26)24(22)35-14-15-4-3-5-19(8-15)30(32)33)13-28-29-25(31)23-12-17-11-18(27)6-7-21(17)36-23/h3-13H,2,14H2,1H3,(H,29,31)/b28-13+. The summed E-state index contributed by atoms with van der Waals surface area (Å²) in [5.41, 5.74) is 4.23. The van der Waals surface area contributed by atoms with Gasteiger partial charge < -0.3 is 13.9 Å². The molecule has 0 fully saturated rings. The van der Waals surface area contributed by atoms with Crippen molar-refractivity contribution in [3.8, 4) is 11.5 Å². The van der Waals surface area contributed by atoms with Crippen molar-refractivity contribution >= 4 is 56.3 Å². The van der Waals surface area contributed by atoms with Gasteiger partial charge in [0.1, 0.15) is 12.2 Å². The van der Waals surface area contributed by atoms with Crippen LogP contribution in [0.2, 0.25) is 5.02 Å². The molecule has 11 heteroatoms. The van der Waals surface area contributed by atoms with E-state index in [9.17, 15) is 14.9 Å². The Kier molecular flexibility index (Phi) is 7.87. The molecule has 1 heterocycles. The number of nitro benzene ring substituents is 1. The highest BCUT2D eigenvalue weighted by Crippen LogP contribution is 2.37. The Hall–Kier alpha value is -3.89. The molecule has 0 aliphatic carbocycles. The lowest BCUT2D eigenvalue weighted by atomic mass is 10.2. The van der Waals surface area contributed by atoms with E-state index in [1.807, 2.05) is 6.92 Å². The van der Waals surface area contributed by atoms with Gasteiger partial charge in [-0.3, -0.25) is 14.9 Å². The number of carbonyl (C=O) groups excluding carboxylic acids is 1. The van der Waals surface area contributed by atoms with Gasteiger partial charge >= 0.3 is 5.91 Å². The Morgan fingerprint density at radius 2 is 2.03 bits per heavy atom. The summed E-state index contributed by atoms with van der Waals surface area (Å²) in [4.78, 5) is 23.0. The summed E-state index contributed by atoms with van der Waals surface area (Å²) in [6.07, 6.45) is 1.45. The summed E-state index contributed by atoms with van der Waals surface area (Å²) in [6.45, 7) is 2.32.